The highest BCUT2D eigenvalue weighted by atomic mass is 16.5. The van der Waals surface area contributed by atoms with Crippen LogP contribution in [0.5, 0.6) is 5.75 Å². The lowest BCUT2D eigenvalue weighted by Crippen LogP contribution is -2.31. The van der Waals surface area contributed by atoms with Crippen LogP contribution < -0.4 is 4.74 Å². The average Bonchev–Trinajstić information content (AvgIpc) is 3.14. The molecule has 174 valence electrons. The predicted molar refractivity (Wildman–Crippen MR) is 127 cm³/mol. The first-order chi connectivity index (χ1) is 16.6. The fraction of sp³-hybridized carbons (Fsp3) is 0.222. The van der Waals surface area contributed by atoms with Crippen LogP contribution in [-0.2, 0) is 20.9 Å². The molecule has 0 radical (unpaired) electrons. The van der Waals surface area contributed by atoms with Gasteiger partial charge < -0.3 is 19.5 Å². The van der Waals surface area contributed by atoms with Crippen LogP contribution in [0.1, 0.15) is 29.2 Å². The minimum Gasteiger partial charge on any atom is -0.507 e. The molecule has 1 aliphatic rings. The molecule has 34 heavy (non-hydrogen) atoms. The molecule has 3 aromatic rings. The van der Waals surface area contributed by atoms with Gasteiger partial charge in [0.25, 0.3) is 11.7 Å². The lowest BCUT2D eigenvalue weighted by molar-refractivity contribution is -0.140. The Morgan fingerprint density at radius 1 is 1.00 bits per heavy atom. The summed E-state index contributed by atoms with van der Waals surface area (Å²) in [4.78, 5) is 31.4. The van der Waals surface area contributed by atoms with Crippen molar-refractivity contribution in [2.45, 2.75) is 19.1 Å². The highest BCUT2D eigenvalue weighted by molar-refractivity contribution is 6.46. The topological polar surface area (TPSA) is 89.0 Å². The number of amides is 1. The molecule has 1 fully saturated rings. The summed E-state index contributed by atoms with van der Waals surface area (Å²) in [6.45, 7) is 1.20. The van der Waals surface area contributed by atoms with Crippen LogP contribution in [0.3, 0.4) is 0 Å². The monoisotopic (exact) mass is 458 g/mol. The van der Waals surface area contributed by atoms with Crippen molar-refractivity contribution >= 4 is 17.4 Å². The van der Waals surface area contributed by atoms with Gasteiger partial charge in [0.15, 0.2) is 0 Å². The van der Waals surface area contributed by atoms with Crippen molar-refractivity contribution in [3.63, 3.8) is 0 Å². The van der Waals surface area contributed by atoms with Gasteiger partial charge in [0.2, 0.25) is 0 Å². The summed E-state index contributed by atoms with van der Waals surface area (Å²) in [6, 6.07) is 19.4. The smallest absolute Gasteiger partial charge is 0.295 e. The molecule has 4 rings (SSSR count). The zero-order chi connectivity index (χ0) is 23.9. The summed E-state index contributed by atoms with van der Waals surface area (Å²) < 4.78 is 10.9. The predicted octanol–water partition coefficient (Wildman–Crippen LogP) is 4.12. The van der Waals surface area contributed by atoms with Gasteiger partial charge in [-0.15, -0.1) is 0 Å². The second-order valence-corrected chi connectivity index (χ2v) is 7.92. The molecular weight excluding hydrogens is 432 g/mol. The summed E-state index contributed by atoms with van der Waals surface area (Å²) in [5.41, 5.74) is 2.24. The quantitative estimate of drug-likeness (QED) is 0.225. The van der Waals surface area contributed by atoms with Crippen molar-refractivity contribution in [3.8, 4) is 5.75 Å². The molecule has 1 saturated heterocycles. The van der Waals surface area contributed by atoms with Gasteiger partial charge >= 0.3 is 0 Å². The molecule has 1 atom stereocenters. The Kier molecular flexibility index (Phi) is 7.34. The zero-order valence-electron chi connectivity index (χ0n) is 18.9. The van der Waals surface area contributed by atoms with Gasteiger partial charge in [0, 0.05) is 38.2 Å². The Bertz CT molecular complexity index is 1160. The molecule has 1 aromatic heterocycles. The molecule has 1 N–H and O–H groups in total. The largest absolute Gasteiger partial charge is 0.507 e. The average molecular weight is 459 g/mol. The maximum absolute atomic E-state index is 13.0. The van der Waals surface area contributed by atoms with E-state index in [0.717, 1.165) is 5.56 Å². The number of benzene rings is 2. The number of hydrogen-bond acceptors (Lipinski definition) is 6. The van der Waals surface area contributed by atoms with E-state index in [9.17, 15) is 14.7 Å². The number of rotatable bonds is 9. The van der Waals surface area contributed by atoms with E-state index in [0.29, 0.717) is 43.1 Å². The third-order valence-electron chi connectivity index (χ3n) is 5.69. The summed E-state index contributed by atoms with van der Waals surface area (Å²) in [5.74, 6) is -0.932. The molecule has 0 bridgehead atoms. The molecule has 1 aliphatic heterocycles. The highest BCUT2D eigenvalue weighted by Crippen LogP contribution is 2.39. The second-order valence-electron chi connectivity index (χ2n) is 7.92. The number of ether oxygens (including phenoxy) is 2. The Hall–Kier alpha value is -3.97. The summed E-state index contributed by atoms with van der Waals surface area (Å²) in [7, 11) is 1.59. The number of pyridine rings is 1. The number of methoxy groups -OCH3 is 1. The standard InChI is InChI=1S/C27H26N2O5/c1-33-17-5-16-29-24(20-12-14-28-15-13-20)23(26(31)27(29)32)25(30)21-8-10-22(11-9-21)34-18-19-6-3-2-4-7-19/h2-4,6-15,24,30H,5,16-18H2,1H3/t24-/m1/s1. The fourth-order valence-corrected chi connectivity index (χ4v) is 3.99. The molecule has 0 spiro atoms. The van der Waals surface area contributed by atoms with Crippen molar-refractivity contribution < 1.29 is 24.2 Å². The van der Waals surface area contributed by atoms with Crippen LogP contribution in [0.2, 0.25) is 0 Å². The van der Waals surface area contributed by atoms with E-state index in [1.807, 2.05) is 30.3 Å². The molecule has 2 aromatic carbocycles. The molecule has 7 heteroatoms. The number of carbonyl (C=O) groups is 2. The number of Topliss-reactive ketones (excluding diaryl/α,β-unsaturated/α-hetero) is 1. The van der Waals surface area contributed by atoms with Crippen molar-refractivity contribution in [1.82, 2.24) is 9.88 Å². The number of likely N-dealkylation sites (tertiary alicyclic amines) is 1. The maximum Gasteiger partial charge on any atom is 0.295 e. The summed E-state index contributed by atoms with van der Waals surface area (Å²) in [5, 5.41) is 11.1. The lowest BCUT2D eigenvalue weighted by atomic mass is 9.96. The van der Waals surface area contributed by atoms with Gasteiger partial charge in [-0.05, 0) is 53.9 Å². The number of aliphatic hydroxyl groups is 1. The van der Waals surface area contributed by atoms with Gasteiger partial charge in [-0.1, -0.05) is 30.3 Å². The number of carbonyl (C=O) groups excluding carboxylic acids is 2. The van der Waals surface area contributed by atoms with Gasteiger partial charge in [-0.2, -0.15) is 0 Å². The van der Waals surface area contributed by atoms with Gasteiger partial charge in [-0.3, -0.25) is 14.6 Å². The van der Waals surface area contributed by atoms with Crippen molar-refractivity contribution in [2.24, 2.45) is 0 Å². The van der Waals surface area contributed by atoms with E-state index in [-0.39, 0.29) is 11.3 Å². The van der Waals surface area contributed by atoms with E-state index < -0.39 is 17.7 Å². The van der Waals surface area contributed by atoms with Crippen LogP contribution >= 0.6 is 0 Å². The normalized spacial score (nSPS) is 17.2. The van der Waals surface area contributed by atoms with Crippen LogP contribution in [0, 0.1) is 0 Å². The zero-order valence-corrected chi connectivity index (χ0v) is 18.9. The molecular formula is C27H26N2O5. The van der Waals surface area contributed by atoms with Gasteiger partial charge in [-0.25, -0.2) is 0 Å². The number of aromatic nitrogens is 1. The Morgan fingerprint density at radius 3 is 2.38 bits per heavy atom. The van der Waals surface area contributed by atoms with Gasteiger partial charge in [0.05, 0.1) is 11.6 Å². The number of aliphatic hydroxyl groups excluding tert-OH is 1. The fourth-order valence-electron chi connectivity index (χ4n) is 3.99. The minimum absolute atomic E-state index is 0.0616. The molecule has 1 amide bonds. The van der Waals surface area contributed by atoms with E-state index in [1.54, 1.807) is 55.9 Å². The van der Waals surface area contributed by atoms with Crippen LogP contribution in [0.15, 0.2) is 84.7 Å². The minimum atomic E-state index is -0.707. The molecule has 2 heterocycles. The number of hydrogen-bond donors (Lipinski definition) is 1. The van der Waals surface area contributed by atoms with Crippen LogP contribution in [0.25, 0.3) is 5.76 Å². The van der Waals surface area contributed by atoms with Crippen molar-refractivity contribution in [3.05, 3.63) is 101 Å². The Labute approximate surface area is 198 Å². The van der Waals surface area contributed by atoms with Crippen molar-refractivity contribution in [2.75, 3.05) is 20.3 Å². The molecule has 0 saturated carbocycles. The Morgan fingerprint density at radius 2 is 1.71 bits per heavy atom. The number of ketones is 1. The third-order valence-corrected chi connectivity index (χ3v) is 5.69. The first kappa shape index (κ1) is 23.2. The van der Waals surface area contributed by atoms with Crippen LogP contribution in [-0.4, -0.2) is 46.9 Å². The first-order valence-electron chi connectivity index (χ1n) is 11.0. The van der Waals surface area contributed by atoms with E-state index in [4.69, 9.17) is 9.47 Å². The lowest BCUT2D eigenvalue weighted by Gasteiger charge is -2.25. The van der Waals surface area contributed by atoms with Gasteiger partial charge in [0.1, 0.15) is 18.1 Å². The SMILES string of the molecule is COCCCN1C(=O)C(=O)C(=C(O)c2ccc(OCc3ccccc3)cc2)[C@H]1c1ccncc1. The maximum atomic E-state index is 13.0. The third kappa shape index (κ3) is 5.00. The molecule has 0 aliphatic carbocycles. The molecule has 7 nitrogen and oxygen atoms in total. The first-order valence-corrected chi connectivity index (χ1v) is 11.0. The second kappa shape index (κ2) is 10.8. The van der Waals surface area contributed by atoms with Crippen molar-refractivity contribution in [1.29, 1.82) is 0 Å². The summed E-state index contributed by atoms with van der Waals surface area (Å²) in [6.07, 6.45) is 3.77. The van der Waals surface area contributed by atoms with E-state index in [2.05, 4.69) is 4.98 Å². The molecule has 0 unspecified atom stereocenters. The summed E-state index contributed by atoms with van der Waals surface area (Å²) >= 11 is 0. The number of nitrogens with zero attached hydrogens (tertiary/aromatic N) is 2. The highest BCUT2D eigenvalue weighted by Gasteiger charge is 2.45. The van der Waals surface area contributed by atoms with E-state index >= 15 is 0 Å². The Balaban J connectivity index is 1.62. The van der Waals surface area contributed by atoms with E-state index in [1.165, 1.54) is 4.90 Å². The van der Waals surface area contributed by atoms with Crippen LogP contribution in [0.4, 0.5) is 0 Å².